The van der Waals surface area contributed by atoms with Gasteiger partial charge >= 0.3 is 0 Å². The Hall–Kier alpha value is -1.68. The van der Waals surface area contributed by atoms with Gasteiger partial charge < -0.3 is 5.32 Å². The van der Waals surface area contributed by atoms with Crippen molar-refractivity contribution in [2.24, 2.45) is 0 Å². The van der Waals surface area contributed by atoms with Crippen molar-refractivity contribution in [1.29, 1.82) is 0 Å². The zero-order chi connectivity index (χ0) is 13.8. The Kier molecular flexibility index (Phi) is 4.32. The summed E-state index contributed by atoms with van der Waals surface area (Å²) >= 11 is 0. The zero-order valence-electron chi connectivity index (χ0n) is 11.7. The quantitative estimate of drug-likeness (QED) is 0.838. The molecule has 0 saturated carbocycles. The van der Waals surface area contributed by atoms with Crippen LogP contribution in [0.1, 0.15) is 30.3 Å². The van der Waals surface area contributed by atoms with Crippen LogP contribution in [0.15, 0.2) is 24.3 Å². The number of rotatable bonds is 5. The maximum atomic E-state index is 13.3. The van der Waals surface area contributed by atoms with Crippen molar-refractivity contribution in [2.75, 3.05) is 6.54 Å². The number of aryl methyl sites for hydroxylation is 1. The van der Waals surface area contributed by atoms with Gasteiger partial charge in [-0.25, -0.2) is 9.07 Å². The van der Waals surface area contributed by atoms with Crippen molar-refractivity contribution >= 4 is 0 Å². The summed E-state index contributed by atoms with van der Waals surface area (Å²) in [6.45, 7) is 7.95. The lowest BCUT2D eigenvalue weighted by atomic mass is 10.2. The molecule has 0 unspecified atom stereocenters. The molecule has 19 heavy (non-hydrogen) atoms. The van der Waals surface area contributed by atoms with E-state index in [1.54, 1.807) is 10.7 Å². The van der Waals surface area contributed by atoms with E-state index >= 15 is 0 Å². The number of nitrogens with zero attached hydrogens (tertiary/aromatic N) is 2. The first kappa shape index (κ1) is 13.7. The van der Waals surface area contributed by atoms with Crippen LogP contribution in [0.5, 0.6) is 0 Å². The zero-order valence-corrected chi connectivity index (χ0v) is 11.7. The number of hydrogen-bond donors (Lipinski definition) is 1. The van der Waals surface area contributed by atoms with Gasteiger partial charge in [0.2, 0.25) is 0 Å². The molecule has 2 aromatic rings. The number of halogens is 1. The number of hydrogen-bond acceptors (Lipinski definition) is 2. The van der Waals surface area contributed by atoms with E-state index in [4.69, 9.17) is 0 Å². The average Bonchev–Trinajstić information content (AvgIpc) is 2.67. The molecule has 102 valence electrons. The first-order valence-corrected chi connectivity index (χ1v) is 6.65. The minimum atomic E-state index is -0.240. The molecule has 1 aromatic heterocycles. The monoisotopic (exact) mass is 261 g/mol. The van der Waals surface area contributed by atoms with Gasteiger partial charge in [-0.15, -0.1) is 0 Å². The summed E-state index contributed by atoms with van der Waals surface area (Å²) in [5, 5.41) is 7.89. The molecule has 0 amide bonds. The molecule has 0 spiro atoms. The second kappa shape index (κ2) is 5.97. The minimum absolute atomic E-state index is 0.240. The van der Waals surface area contributed by atoms with Crippen LogP contribution in [0.3, 0.4) is 0 Å². The Morgan fingerprint density at radius 2 is 2.11 bits per heavy atom. The summed E-state index contributed by atoms with van der Waals surface area (Å²) in [7, 11) is 0. The third kappa shape index (κ3) is 3.01. The molecule has 4 heteroatoms. The van der Waals surface area contributed by atoms with Gasteiger partial charge in [0.1, 0.15) is 5.82 Å². The molecule has 1 heterocycles. The largest absolute Gasteiger partial charge is 0.313 e. The van der Waals surface area contributed by atoms with Crippen molar-refractivity contribution < 1.29 is 4.39 Å². The lowest BCUT2D eigenvalue weighted by Gasteiger charge is -2.06. The lowest BCUT2D eigenvalue weighted by molar-refractivity contribution is 0.625. The van der Waals surface area contributed by atoms with Crippen LogP contribution in [0.2, 0.25) is 0 Å². The molecule has 0 aliphatic heterocycles. The first-order valence-electron chi connectivity index (χ1n) is 6.65. The standard InChI is InChI=1S/C15H20FN3/c1-4-8-17-10-15-11(2)18-19(12(15)3)14-7-5-6-13(16)9-14/h5-7,9,17H,4,8,10H2,1-3H3. The SMILES string of the molecule is CCCNCc1c(C)nn(-c2cccc(F)c2)c1C. The van der Waals surface area contributed by atoms with Gasteiger partial charge in [0.05, 0.1) is 11.4 Å². The topological polar surface area (TPSA) is 29.9 Å². The Bertz CT molecular complexity index is 561. The summed E-state index contributed by atoms with van der Waals surface area (Å²) in [5.41, 5.74) is 4.01. The van der Waals surface area contributed by atoms with Crippen LogP contribution >= 0.6 is 0 Å². The van der Waals surface area contributed by atoms with Gasteiger partial charge in [-0.05, 0) is 45.0 Å². The molecule has 0 aliphatic carbocycles. The molecule has 3 nitrogen and oxygen atoms in total. The van der Waals surface area contributed by atoms with Gasteiger partial charge in [-0.1, -0.05) is 13.0 Å². The predicted molar refractivity (Wildman–Crippen MR) is 75.0 cm³/mol. The highest BCUT2D eigenvalue weighted by molar-refractivity contribution is 5.37. The second-order valence-corrected chi connectivity index (χ2v) is 4.72. The van der Waals surface area contributed by atoms with Crippen LogP contribution in [0.4, 0.5) is 4.39 Å². The molecular formula is C15H20FN3. The number of aromatic nitrogens is 2. The van der Waals surface area contributed by atoms with E-state index in [2.05, 4.69) is 17.3 Å². The van der Waals surface area contributed by atoms with Gasteiger partial charge in [0, 0.05) is 17.8 Å². The van der Waals surface area contributed by atoms with Crippen molar-refractivity contribution in [3.8, 4) is 5.69 Å². The lowest BCUT2D eigenvalue weighted by Crippen LogP contribution is -2.15. The van der Waals surface area contributed by atoms with Crippen LogP contribution in [0, 0.1) is 19.7 Å². The van der Waals surface area contributed by atoms with E-state index in [0.29, 0.717) is 0 Å². The molecular weight excluding hydrogens is 241 g/mol. The maximum Gasteiger partial charge on any atom is 0.125 e. The maximum absolute atomic E-state index is 13.3. The molecule has 0 atom stereocenters. The Morgan fingerprint density at radius 3 is 2.79 bits per heavy atom. The summed E-state index contributed by atoms with van der Waals surface area (Å²) < 4.78 is 15.1. The molecule has 0 fully saturated rings. The normalized spacial score (nSPS) is 10.9. The summed E-state index contributed by atoms with van der Waals surface area (Å²) in [6, 6.07) is 6.52. The van der Waals surface area contributed by atoms with E-state index < -0.39 is 0 Å². The van der Waals surface area contributed by atoms with Crippen LogP contribution in [-0.2, 0) is 6.54 Å². The molecule has 0 aliphatic rings. The minimum Gasteiger partial charge on any atom is -0.313 e. The van der Waals surface area contributed by atoms with E-state index in [-0.39, 0.29) is 5.82 Å². The van der Waals surface area contributed by atoms with Crippen LogP contribution < -0.4 is 5.32 Å². The van der Waals surface area contributed by atoms with Crippen molar-refractivity contribution in [3.63, 3.8) is 0 Å². The van der Waals surface area contributed by atoms with E-state index in [1.165, 1.54) is 17.7 Å². The molecule has 1 aromatic carbocycles. The summed E-state index contributed by atoms with van der Waals surface area (Å²) in [4.78, 5) is 0. The first-order chi connectivity index (χ1) is 9.13. The highest BCUT2D eigenvalue weighted by Crippen LogP contribution is 2.18. The molecule has 2 rings (SSSR count). The van der Waals surface area contributed by atoms with Gasteiger partial charge in [-0.3, -0.25) is 0 Å². The Balaban J connectivity index is 2.30. The van der Waals surface area contributed by atoms with Gasteiger partial charge in [0.15, 0.2) is 0 Å². The van der Waals surface area contributed by atoms with Crippen LogP contribution in [0.25, 0.3) is 5.69 Å². The highest BCUT2D eigenvalue weighted by Gasteiger charge is 2.12. The molecule has 0 bridgehead atoms. The average molecular weight is 261 g/mol. The predicted octanol–water partition coefficient (Wildman–Crippen LogP) is 3.13. The fourth-order valence-corrected chi connectivity index (χ4v) is 2.18. The van der Waals surface area contributed by atoms with E-state index in [0.717, 1.165) is 36.6 Å². The van der Waals surface area contributed by atoms with E-state index in [1.807, 2.05) is 19.9 Å². The van der Waals surface area contributed by atoms with Gasteiger partial charge in [-0.2, -0.15) is 5.10 Å². The molecule has 1 N–H and O–H groups in total. The second-order valence-electron chi connectivity index (χ2n) is 4.72. The smallest absolute Gasteiger partial charge is 0.125 e. The van der Waals surface area contributed by atoms with Crippen molar-refractivity contribution in [2.45, 2.75) is 33.7 Å². The summed E-state index contributed by atoms with van der Waals surface area (Å²) in [5.74, 6) is -0.240. The summed E-state index contributed by atoms with van der Waals surface area (Å²) in [6.07, 6.45) is 1.11. The van der Waals surface area contributed by atoms with Crippen molar-refractivity contribution in [1.82, 2.24) is 15.1 Å². The Labute approximate surface area is 113 Å². The number of benzene rings is 1. The third-order valence-corrected chi connectivity index (χ3v) is 3.22. The van der Waals surface area contributed by atoms with Crippen LogP contribution in [-0.4, -0.2) is 16.3 Å². The number of nitrogens with one attached hydrogen (secondary N) is 1. The fourth-order valence-electron chi connectivity index (χ4n) is 2.18. The molecule has 0 radical (unpaired) electrons. The third-order valence-electron chi connectivity index (χ3n) is 3.22. The Morgan fingerprint density at radius 1 is 1.32 bits per heavy atom. The van der Waals surface area contributed by atoms with E-state index in [9.17, 15) is 4.39 Å². The highest BCUT2D eigenvalue weighted by atomic mass is 19.1. The fraction of sp³-hybridized carbons (Fsp3) is 0.400. The molecule has 0 saturated heterocycles. The van der Waals surface area contributed by atoms with Crippen molar-refractivity contribution in [3.05, 3.63) is 47.0 Å². The van der Waals surface area contributed by atoms with Gasteiger partial charge in [0.25, 0.3) is 0 Å².